The molecule has 1 amide bonds. The lowest BCUT2D eigenvalue weighted by Gasteiger charge is -2.32. The van der Waals surface area contributed by atoms with Crippen LogP contribution in [0.5, 0.6) is 5.88 Å². The van der Waals surface area contributed by atoms with Crippen molar-refractivity contribution >= 4 is 5.91 Å². The van der Waals surface area contributed by atoms with E-state index in [4.69, 9.17) is 4.74 Å². The van der Waals surface area contributed by atoms with Gasteiger partial charge in [0.1, 0.15) is 6.10 Å². The van der Waals surface area contributed by atoms with Crippen molar-refractivity contribution < 1.29 is 18.3 Å². The molecule has 0 bridgehead atoms. The number of aryl methyl sites for hydroxylation is 1. The van der Waals surface area contributed by atoms with Crippen LogP contribution >= 0.6 is 0 Å². The standard InChI is InChI=1S/C18H18F2N2O2/c1-12-3-2-4-17(21-12)24-14-7-9-22(10-8-14)18(23)13-5-6-15(19)16(20)11-13/h2-6,11,14H,7-10H2,1H3. The number of aromatic nitrogens is 1. The van der Waals surface area contributed by atoms with E-state index in [2.05, 4.69) is 4.98 Å². The Bertz CT molecular complexity index is 744. The Hall–Kier alpha value is -2.50. The molecule has 0 spiro atoms. The number of hydrogen-bond donors (Lipinski definition) is 0. The maximum Gasteiger partial charge on any atom is 0.253 e. The first kappa shape index (κ1) is 16.4. The number of ether oxygens (including phenoxy) is 1. The molecule has 1 aromatic heterocycles. The van der Waals surface area contributed by atoms with Gasteiger partial charge >= 0.3 is 0 Å². The van der Waals surface area contributed by atoms with Gasteiger partial charge in [-0.3, -0.25) is 4.79 Å². The van der Waals surface area contributed by atoms with Crippen molar-refractivity contribution in [2.45, 2.75) is 25.9 Å². The Morgan fingerprint density at radius 1 is 1.17 bits per heavy atom. The lowest BCUT2D eigenvalue weighted by molar-refractivity contribution is 0.0587. The molecular formula is C18H18F2N2O2. The highest BCUT2D eigenvalue weighted by molar-refractivity contribution is 5.94. The summed E-state index contributed by atoms with van der Waals surface area (Å²) >= 11 is 0. The van der Waals surface area contributed by atoms with Gasteiger partial charge in [0.25, 0.3) is 5.91 Å². The smallest absolute Gasteiger partial charge is 0.253 e. The van der Waals surface area contributed by atoms with Crippen molar-refractivity contribution in [3.05, 3.63) is 59.3 Å². The predicted octanol–water partition coefficient (Wildman–Crippen LogP) is 3.35. The van der Waals surface area contributed by atoms with Crippen molar-refractivity contribution in [1.29, 1.82) is 0 Å². The molecule has 1 saturated heterocycles. The van der Waals surface area contributed by atoms with Crippen LogP contribution in [-0.2, 0) is 0 Å². The molecule has 0 N–H and O–H groups in total. The van der Waals surface area contributed by atoms with Gasteiger partial charge < -0.3 is 9.64 Å². The molecule has 6 heteroatoms. The SMILES string of the molecule is Cc1cccc(OC2CCN(C(=O)c3ccc(F)c(F)c3)CC2)n1. The third-order valence-corrected chi connectivity index (χ3v) is 4.05. The van der Waals surface area contributed by atoms with E-state index in [9.17, 15) is 13.6 Å². The molecule has 126 valence electrons. The van der Waals surface area contributed by atoms with Crippen molar-refractivity contribution in [3.63, 3.8) is 0 Å². The summed E-state index contributed by atoms with van der Waals surface area (Å²) in [6.07, 6.45) is 1.34. The first-order chi connectivity index (χ1) is 11.5. The van der Waals surface area contributed by atoms with E-state index in [0.29, 0.717) is 31.8 Å². The number of piperidine rings is 1. The first-order valence-corrected chi connectivity index (χ1v) is 7.87. The maximum absolute atomic E-state index is 13.3. The number of carbonyl (C=O) groups excluding carboxylic acids is 1. The summed E-state index contributed by atoms with van der Waals surface area (Å²) in [7, 11) is 0. The molecule has 4 nitrogen and oxygen atoms in total. The van der Waals surface area contributed by atoms with E-state index in [0.717, 1.165) is 17.8 Å². The highest BCUT2D eigenvalue weighted by Crippen LogP contribution is 2.19. The van der Waals surface area contributed by atoms with Gasteiger partial charge in [-0.15, -0.1) is 0 Å². The number of hydrogen-bond acceptors (Lipinski definition) is 3. The first-order valence-electron chi connectivity index (χ1n) is 7.87. The van der Waals surface area contributed by atoms with Crippen molar-refractivity contribution in [2.24, 2.45) is 0 Å². The van der Waals surface area contributed by atoms with E-state index in [1.54, 1.807) is 4.90 Å². The average Bonchev–Trinajstić information content (AvgIpc) is 2.57. The summed E-state index contributed by atoms with van der Waals surface area (Å²) in [5.74, 6) is -1.67. The lowest BCUT2D eigenvalue weighted by Crippen LogP contribution is -2.41. The van der Waals surface area contributed by atoms with Crippen LogP contribution in [0.1, 0.15) is 28.9 Å². The monoisotopic (exact) mass is 332 g/mol. The largest absolute Gasteiger partial charge is 0.474 e. The Balaban J connectivity index is 1.58. The maximum atomic E-state index is 13.3. The van der Waals surface area contributed by atoms with Crippen molar-refractivity contribution in [1.82, 2.24) is 9.88 Å². The third-order valence-electron chi connectivity index (χ3n) is 4.05. The quantitative estimate of drug-likeness (QED) is 0.866. The minimum Gasteiger partial charge on any atom is -0.474 e. The van der Waals surface area contributed by atoms with Crippen LogP contribution < -0.4 is 4.74 Å². The number of amides is 1. The molecule has 2 heterocycles. The number of likely N-dealkylation sites (tertiary alicyclic amines) is 1. The summed E-state index contributed by atoms with van der Waals surface area (Å²) in [4.78, 5) is 18.3. The Morgan fingerprint density at radius 3 is 2.58 bits per heavy atom. The molecule has 0 aliphatic carbocycles. The number of nitrogens with zero attached hydrogens (tertiary/aromatic N) is 2. The number of halogens is 2. The molecule has 24 heavy (non-hydrogen) atoms. The zero-order chi connectivity index (χ0) is 17.1. The highest BCUT2D eigenvalue weighted by Gasteiger charge is 2.25. The van der Waals surface area contributed by atoms with E-state index in [1.165, 1.54) is 6.07 Å². The molecule has 1 fully saturated rings. The highest BCUT2D eigenvalue weighted by atomic mass is 19.2. The van der Waals surface area contributed by atoms with Gasteiger partial charge in [-0.05, 0) is 31.2 Å². The molecule has 1 aliphatic rings. The number of benzene rings is 1. The zero-order valence-corrected chi connectivity index (χ0v) is 13.3. The van der Waals surface area contributed by atoms with Gasteiger partial charge in [-0.2, -0.15) is 0 Å². The Kier molecular flexibility index (Phi) is 4.74. The minimum atomic E-state index is -1.01. The summed E-state index contributed by atoms with van der Waals surface area (Å²) < 4.78 is 32.1. The van der Waals surface area contributed by atoms with Gasteiger partial charge in [0.2, 0.25) is 5.88 Å². The van der Waals surface area contributed by atoms with Crippen LogP contribution in [0.4, 0.5) is 8.78 Å². The third kappa shape index (κ3) is 3.69. The normalized spacial score (nSPS) is 15.4. The van der Waals surface area contributed by atoms with Crippen LogP contribution in [0.2, 0.25) is 0 Å². The molecule has 1 aromatic carbocycles. The van der Waals surface area contributed by atoms with Crippen LogP contribution in [-0.4, -0.2) is 35.0 Å². The summed E-state index contributed by atoms with van der Waals surface area (Å²) in [6.45, 7) is 2.92. The Morgan fingerprint density at radius 2 is 1.92 bits per heavy atom. The fourth-order valence-corrected chi connectivity index (χ4v) is 2.74. The van der Waals surface area contributed by atoms with Crippen LogP contribution in [0, 0.1) is 18.6 Å². The second-order valence-corrected chi connectivity index (χ2v) is 5.86. The van der Waals surface area contributed by atoms with E-state index in [1.807, 2.05) is 25.1 Å². The second-order valence-electron chi connectivity index (χ2n) is 5.86. The molecule has 2 aromatic rings. The average molecular weight is 332 g/mol. The number of pyridine rings is 1. The second kappa shape index (κ2) is 6.95. The van der Waals surface area contributed by atoms with Crippen LogP contribution in [0.25, 0.3) is 0 Å². The summed E-state index contributed by atoms with van der Waals surface area (Å²) in [5, 5.41) is 0. The van der Waals surface area contributed by atoms with Gasteiger partial charge in [0.05, 0.1) is 0 Å². The summed E-state index contributed by atoms with van der Waals surface area (Å²) in [5.41, 5.74) is 1.05. The van der Waals surface area contributed by atoms with Crippen LogP contribution in [0.3, 0.4) is 0 Å². The van der Waals surface area contributed by atoms with Crippen molar-refractivity contribution in [3.8, 4) is 5.88 Å². The van der Waals surface area contributed by atoms with E-state index >= 15 is 0 Å². The summed E-state index contributed by atoms with van der Waals surface area (Å²) in [6, 6.07) is 8.82. The molecule has 0 atom stereocenters. The topological polar surface area (TPSA) is 42.4 Å². The van der Waals surface area contributed by atoms with E-state index in [-0.39, 0.29) is 17.6 Å². The van der Waals surface area contributed by atoms with Crippen molar-refractivity contribution in [2.75, 3.05) is 13.1 Å². The minimum absolute atomic E-state index is 0.00620. The molecule has 0 saturated carbocycles. The molecular weight excluding hydrogens is 314 g/mol. The van der Waals surface area contributed by atoms with Crippen LogP contribution in [0.15, 0.2) is 36.4 Å². The van der Waals surface area contributed by atoms with Gasteiger partial charge in [0, 0.05) is 43.3 Å². The predicted molar refractivity (Wildman–Crippen MR) is 84.9 cm³/mol. The zero-order valence-electron chi connectivity index (χ0n) is 13.3. The van der Waals surface area contributed by atoms with Gasteiger partial charge in [-0.1, -0.05) is 6.07 Å². The van der Waals surface area contributed by atoms with Gasteiger partial charge in [-0.25, -0.2) is 13.8 Å². The van der Waals surface area contributed by atoms with Gasteiger partial charge in [0.15, 0.2) is 11.6 Å². The Labute approximate surface area is 139 Å². The molecule has 0 unspecified atom stereocenters. The fraction of sp³-hybridized carbons (Fsp3) is 0.333. The van der Waals surface area contributed by atoms with E-state index < -0.39 is 11.6 Å². The lowest BCUT2D eigenvalue weighted by atomic mass is 10.1. The molecule has 1 aliphatic heterocycles. The molecule has 0 radical (unpaired) electrons. The fourth-order valence-electron chi connectivity index (χ4n) is 2.74. The number of carbonyl (C=O) groups is 1. The number of rotatable bonds is 3. The molecule has 3 rings (SSSR count).